The van der Waals surface area contributed by atoms with Crippen LogP contribution in [0.15, 0.2) is 34.6 Å². The Morgan fingerprint density at radius 1 is 1.25 bits per heavy atom. The molecule has 3 aliphatic heterocycles. The van der Waals surface area contributed by atoms with Crippen molar-refractivity contribution < 1.29 is 4.74 Å². The molecule has 0 spiro atoms. The van der Waals surface area contributed by atoms with Gasteiger partial charge in [-0.3, -0.25) is 5.01 Å². The Balaban J connectivity index is 1.83. The summed E-state index contributed by atoms with van der Waals surface area (Å²) in [6, 6.07) is 9.01. The Labute approximate surface area is 93.9 Å². The molecule has 82 valence electrons. The van der Waals surface area contributed by atoms with Gasteiger partial charge in [-0.15, -0.1) is 0 Å². The summed E-state index contributed by atoms with van der Waals surface area (Å²) in [5.41, 5.74) is 2.64. The zero-order valence-electron chi connectivity index (χ0n) is 9.08. The van der Waals surface area contributed by atoms with Gasteiger partial charge in [0.15, 0.2) is 0 Å². The SMILES string of the molecule is CCN1N=NC2C3OC(c4ccccc43)C21. The van der Waals surface area contributed by atoms with Crippen LogP contribution < -0.4 is 0 Å². The van der Waals surface area contributed by atoms with E-state index in [1.807, 2.05) is 0 Å². The first kappa shape index (κ1) is 8.70. The van der Waals surface area contributed by atoms with Gasteiger partial charge in [0, 0.05) is 6.54 Å². The van der Waals surface area contributed by atoms with Crippen LogP contribution in [-0.2, 0) is 4.74 Å². The predicted octanol–water partition coefficient (Wildman–Crippen LogP) is 2.25. The highest BCUT2D eigenvalue weighted by Gasteiger charge is 2.57. The van der Waals surface area contributed by atoms with Gasteiger partial charge in [-0.05, 0) is 18.1 Å². The molecule has 4 unspecified atom stereocenters. The Morgan fingerprint density at radius 2 is 2.00 bits per heavy atom. The molecular formula is C12H13N3O. The van der Waals surface area contributed by atoms with Crippen LogP contribution >= 0.6 is 0 Å². The molecule has 0 saturated carbocycles. The smallest absolute Gasteiger partial charge is 0.128 e. The minimum atomic E-state index is 0.131. The molecule has 0 aromatic heterocycles. The number of nitrogens with zero attached hydrogens (tertiary/aromatic N) is 3. The van der Waals surface area contributed by atoms with Gasteiger partial charge >= 0.3 is 0 Å². The molecule has 0 radical (unpaired) electrons. The lowest BCUT2D eigenvalue weighted by molar-refractivity contribution is 0.0395. The predicted molar refractivity (Wildman–Crippen MR) is 57.8 cm³/mol. The van der Waals surface area contributed by atoms with Gasteiger partial charge < -0.3 is 4.74 Å². The first-order chi connectivity index (χ1) is 7.90. The van der Waals surface area contributed by atoms with Gasteiger partial charge in [-0.25, -0.2) is 0 Å². The molecule has 1 fully saturated rings. The van der Waals surface area contributed by atoms with Crippen LogP contribution in [0.3, 0.4) is 0 Å². The molecule has 1 aromatic carbocycles. The number of benzene rings is 1. The van der Waals surface area contributed by atoms with E-state index < -0.39 is 0 Å². The molecule has 2 bridgehead atoms. The van der Waals surface area contributed by atoms with Crippen LogP contribution in [0, 0.1) is 0 Å². The molecule has 3 aliphatic rings. The van der Waals surface area contributed by atoms with Gasteiger partial charge in [0.1, 0.15) is 24.3 Å². The van der Waals surface area contributed by atoms with Crippen LogP contribution in [0.4, 0.5) is 0 Å². The molecule has 0 amide bonds. The highest BCUT2D eigenvalue weighted by Crippen LogP contribution is 2.55. The van der Waals surface area contributed by atoms with Crippen LogP contribution in [0.2, 0.25) is 0 Å². The highest BCUT2D eigenvalue weighted by molar-refractivity contribution is 5.41. The van der Waals surface area contributed by atoms with E-state index in [-0.39, 0.29) is 18.2 Å². The van der Waals surface area contributed by atoms with E-state index in [2.05, 4.69) is 46.5 Å². The lowest BCUT2D eigenvalue weighted by Gasteiger charge is -2.26. The Morgan fingerprint density at radius 3 is 2.75 bits per heavy atom. The minimum absolute atomic E-state index is 0.131. The summed E-state index contributed by atoms with van der Waals surface area (Å²) in [7, 11) is 0. The number of rotatable bonds is 1. The quantitative estimate of drug-likeness (QED) is 0.720. The van der Waals surface area contributed by atoms with Crippen molar-refractivity contribution in [1.29, 1.82) is 0 Å². The van der Waals surface area contributed by atoms with Crippen molar-refractivity contribution in [2.24, 2.45) is 10.3 Å². The van der Waals surface area contributed by atoms with E-state index in [0.29, 0.717) is 6.04 Å². The molecule has 1 saturated heterocycles. The minimum Gasteiger partial charge on any atom is -0.361 e. The number of likely N-dealkylation sites (N-methyl/N-ethyl adjacent to an activating group) is 1. The van der Waals surface area contributed by atoms with Crippen molar-refractivity contribution >= 4 is 0 Å². The molecule has 4 rings (SSSR count). The zero-order chi connectivity index (χ0) is 10.7. The molecule has 4 atom stereocenters. The van der Waals surface area contributed by atoms with Crippen LogP contribution in [0.1, 0.15) is 30.3 Å². The molecule has 0 N–H and O–H groups in total. The third kappa shape index (κ3) is 0.849. The summed E-state index contributed by atoms with van der Waals surface area (Å²) in [6.07, 6.45) is 0.299. The third-order valence-electron chi connectivity index (χ3n) is 3.84. The fourth-order valence-electron chi connectivity index (χ4n) is 3.14. The summed E-state index contributed by atoms with van der Waals surface area (Å²) in [4.78, 5) is 0. The monoisotopic (exact) mass is 215 g/mol. The van der Waals surface area contributed by atoms with Gasteiger partial charge in [0.05, 0.1) is 0 Å². The molecular weight excluding hydrogens is 202 g/mol. The number of hydrogen-bond donors (Lipinski definition) is 0. The standard InChI is InChI=1S/C12H13N3O/c1-2-15-10-9(13-14-15)11-7-5-3-4-6-8(7)12(10)16-11/h3-6,9-12H,2H2,1H3. The van der Waals surface area contributed by atoms with Crippen molar-refractivity contribution in [2.45, 2.75) is 31.2 Å². The number of ether oxygens (including phenoxy) is 1. The second-order valence-electron chi connectivity index (χ2n) is 4.55. The van der Waals surface area contributed by atoms with Crippen molar-refractivity contribution in [1.82, 2.24) is 5.01 Å². The lowest BCUT2D eigenvalue weighted by Crippen LogP contribution is -2.38. The summed E-state index contributed by atoms with van der Waals surface area (Å²) >= 11 is 0. The van der Waals surface area contributed by atoms with Crippen molar-refractivity contribution in [3.05, 3.63) is 35.4 Å². The topological polar surface area (TPSA) is 37.2 Å². The third-order valence-corrected chi connectivity index (χ3v) is 3.84. The average molecular weight is 215 g/mol. The Kier molecular flexibility index (Phi) is 1.54. The Bertz CT molecular complexity index is 473. The van der Waals surface area contributed by atoms with E-state index in [1.165, 1.54) is 11.1 Å². The molecule has 1 aromatic rings. The van der Waals surface area contributed by atoms with Crippen molar-refractivity contribution in [3.8, 4) is 0 Å². The first-order valence-corrected chi connectivity index (χ1v) is 5.82. The molecule has 3 heterocycles. The van der Waals surface area contributed by atoms with Crippen LogP contribution in [-0.4, -0.2) is 23.6 Å². The number of hydrogen-bond acceptors (Lipinski definition) is 4. The largest absolute Gasteiger partial charge is 0.361 e. The van der Waals surface area contributed by atoms with E-state index in [1.54, 1.807) is 0 Å². The van der Waals surface area contributed by atoms with Crippen LogP contribution in [0.25, 0.3) is 0 Å². The van der Waals surface area contributed by atoms with Crippen molar-refractivity contribution in [2.75, 3.05) is 6.54 Å². The fraction of sp³-hybridized carbons (Fsp3) is 0.500. The van der Waals surface area contributed by atoms with E-state index in [0.717, 1.165) is 6.54 Å². The van der Waals surface area contributed by atoms with Gasteiger partial charge in [-0.2, -0.15) is 5.11 Å². The normalized spacial score (nSPS) is 37.9. The summed E-state index contributed by atoms with van der Waals surface area (Å²) in [6.45, 7) is 3.01. The highest BCUT2D eigenvalue weighted by atomic mass is 16.5. The summed E-state index contributed by atoms with van der Waals surface area (Å²) in [5.74, 6) is 0. The second kappa shape index (κ2) is 2.83. The lowest BCUT2D eigenvalue weighted by atomic mass is 9.85. The second-order valence-corrected chi connectivity index (χ2v) is 4.55. The maximum Gasteiger partial charge on any atom is 0.128 e. The van der Waals surface area contributed by atoms with Gasteiger partial charge in [0.25, 0.3) is 0 Å². The molecule has 0 aliphatic carbocycles. The maximum absolute atomic E-state index is 6.05. The molecule has 4 nitrogen and oxygen atoms in total. The maximum atomic E-state index is 6.05. The Hall–Kier alpha value is -1.42. The molecule has 4 heteroatoms. The van der Waals surface area contributed by atoms with Crippen molar-refractivity contribution in [3.63, 3.8) is 0 Å². The molecule has 16 heavy (non-hydrogen) atoms. The summed E-state index contributed by atoms with van der Waals surface area (Å²) in [5, 5.41) is 10.7. The average Bonchev–Trinajstić information content (AvgIpc) is 2.98. The van der Waals surface area contributed by atoms with E-state index in [4.69, 9.17) is 4.74 Å². The number of fused-ring (bicyclic) bond motifs is 8. The van der Waals surface area contributed by atoms with E-state index in [9.17, 15) is 0 Å². The van der Waals surface area contributed by atoms with Crippen LogP contribution in [0.5, 0.6) is 0 Å². The fourth-order valence-corrected chi connectivity index (χ4v) is 3.14. The summed E-state index contributed by atoms with van der Waals surface area (Å²) < 4.78 is 6.05. The first-order valence-electron chi connectivity index (χ1n) is 5.82. The van der Waals surface area contributed by atoms with Gasteiger partial charge in [0.2, 0.25) is 0 Å². The van der Waals surface area contributed by atoms with E-state index >= 15 is 0 Å². The zero-order valence-corrected chi connectivity index (χ0v) is 9.08. The van der Waals surface area contributed by atoms with Gasteiger partial charge in [-0.1, -0.05) is 29.5 Å².